The molecule has 5 heteroatoms. The van der Waals surface area contributed by atoms with E-state index in [1.54, 1.807) is 6.20 Å². The Hall–Kier alpha value is -1.13. The predicted octanol–water partition coefficient (Wildman–Crippen LogP) is 4.54. The first-order valence-electron chi connectivity index (χ1n) is 6.57. The number of benzene rings is 1. The number of nitrogens with zero attached hydrogens (tertiary/aromatic N) is 1. The number of aryl methyl sites for hydroxylation is 1. The number of rotatable bonds is 6. The summed E-state index contributed by atoms with van der Waals surface area (Å²) in [6, 6.07) is 5.72. The Morgan fingerprint density at radius 2 is 2.05 bits per heavy atom. The first kappa shape index (κ1) is 15.3. The minimum atomic E-state index is -0.947. The quantitative estimate of drug-likeness (QED) is 0.330. The van der Waals surface area contributed by atoms with Crippen LogP contribution in [-0.2, 0) is 11.3 Å². The van der Waals surface area contributed by atoms with E-state index in [-0.39, 0.29) is 0 Å². The van der Waals surface area contributed by atoms with Gasteiger partial charge in [-0.2, -0.15) is 0 Å². The van der Waals surface area contributed by atoms with Gasteiger partial charge in [-0.3, -0.25) is 9.59 Å². The minimum Gasteiger partial charge on any atom is -0.347 e. The molecule has 0 bridgehead atoms. The third-order valence-corrected chi connectivity index (χ3v) is 3.93. The summed E-state index contributed by atoms with van der Waals surface area (Å²) in [5.41, 5.74) is 1.32. The lowest BCUT2D eigenvalue weighted by Gasteiger charge is -2.04. The topological polar surface area (TPSA) is 39.1 Å². The Labute approximate surface area is 131 Å². The van der Waals surface area contributed by atoms with E-state index >= 15 is 0 Å². The Bertz CT molecular complexity index is 663. The van der Waals surface area contributed by atoms with E-state index in [2.05, 4.69) is 22.9 Å². The molecule has 106 valence electrons. The van der Waals surface area contributed by atoms with Crippen molar-refractivity contribution in [3.05, 3.63) is 34.4 Å². The van der Waals surface area contributed by atoms with E-state index in [0.29, 0.717) is 5.56 Å². The molecule has 0 saturated carbocycles. The Morgan fingerprint density at radius 1 is 1.30 bits per heavy atom. The van der Waals surface area contributed by atoms with Gasteiger partial charge in [0.05, 0.1) is 5.56 Å². The van der Waals surface area contributed by atoms with Gasteiger partial charge in [-0.25, -0.2) is 0 Å². The molecule has 0 atom stereocenters. The summed E-state index contributed by atoms with van der Waals surface area (Å²) in [7, 11) is 0. The van der Waals surface area contributed by atoms with Gasteiger partial charge in [-0.05, 0) is 36.2 Å². The number of carbonyl (C=O) groups is 2. The average molecular weight is 357 g/mol. The van der Waals surface area contributed by atoms with Crippen LogP contribution in [0.15, 0.2) is 28.9 Å². The number of unbranched alkanes of at least 4 members (excludes halogenated alkanes) is 2. The molecule has 0 saturated heterocycles. The summed E-state index contributed by atoms with van der Waals surface area (Å²) in [6.45, 7) is 2.97. The molecule has 1 heterocycles. The highest BCUT2D eigenvalue weighted by Gasteiger charge is 2.20. The second-order valence-electron chi connectivity index (χ2n) is 4.71. The van der Waals surface area contributed by atoms with Crippen LogP contribution in [0.4, 0.5) is 0 Å². The highest BCUT2D eigenvalue weighted by molar-refractivity contribution is 9.10. The van der Waals surface area contributed by atoms with Gasteiger partial charge in [0.25, 0.3) is 5.24 Å². The number of ketones is 1. The average Bonchev–Trinajstić information content (AvgIpc) is 2.76. The molecule has 0 aliphatic rings. The maximum atomic E-state index is 11.9. The normalized spacial score (nSPS) is 10.9. The van der Waals surface area contributed by atoms with Crippen molar-refractivity contribution in [3.63, 3.8) is 0 Å². The first-order valence-corrected chi connectivity index (χ1v) is 7.74. The van der Waals surface area contributed by atoms with Crippen LogP contribution < -0.4 is 0 Å². The van der Waals surface area contributed by atoms with Gasteiger partial charge in [0.15, 0.2) is 0 Å². The summed E-state index contributed by atoms with van der Waals surface area (Å²) in [5, 5.41) is -0.188. The third-order valence-electron chi connectivity index (χ3n) is 3.27. The molecule has 0 amide bonds. The van der Waals surface area contributed by atoms with Crippen LogP contribution in [0, 0.1) is 0 Å². The van der Waals surface area contributed by atoms with Crippen LogP contribution in [0.3, 0.4) is 0 Å². The van der Waals surface area contributed by atoms with Gasteiger partial charge in [-0.1, -0.05) is 35.7 Å². The molecule has 0 N–H and O–H groups in total. The van der Waals surface area contributed by atoms with E-state index in [0.717, 1.165) is 41.2 Å². The molecule has 1 aromatic carbocycles. The fraction of sp³-hybridized carbons (Fsp3) is 0.333. The summed E-state index contributed by atoms with van der Waals surface area (Å²) in [6.07, 6.45) is 5.04. The zero-order valence-electron chi connectivity index (χ0n) is 11.2. The highest BCUT2D eigenvalue weighted by atomic mass is 79.9. The number of aromatic nitrogens is 1. The minimum absolute atomic E-state index is 0.373. The molecule has 1 aromatic heterocycles. The smallest absolute Gasteiger partial charge is 0.293 e. The van der Waals surface area contributed by atoms with Crippen molar-refractivity contribution in [2.45, 2.75) is 32.7 Å². The van der Waals surface area contributed by atoms with Gasteiger partial charge in [0.2, 0.25) is 5.78 Å². The van der Waals surface area contributed by atoms with Crippen molar-refractivity contribution in [2.75, 3.05) is 0 Å². The van der Waals surface area contributed by atoms with E-state index in [1.807, 2.05) is 22.8 Å². The maximum absolute atomic E-state index is 11.9. The summed E-state index contributed by atoms with van der Waals surface area (Å²) < 4.78 is 2.89. The molecule has 20 heavy (non-hydrogen) atoms. The summed E-state index contributed by atoms with van der Waals surface area (Å²) >= 11 is 8.72. The zero-order chi connectivity index (χ0) is 14.7. The van der Waals surface area contributed by atoms with E-state index in [4.69, 9.17) is 11.6 Å². The lowest BCUT2D eigenvalue weighted by molar-refractivity contribution is -0.108. The van der Waals surface area contributed by atoms with Gasteiger partial charge >= 0.3 is 0 Å². The molecule has 0 spiro atoms. The first-order chi connectivity index (χ1) is 9.54. The van der Waals surface area contributed by atoms with E-state index < -0.39 is 11.0 Å². The second kappa shape index (κ2) is 6.55. The Morgan fingerprint density at radius 3 is 2.70 bits per heavy atom. The Balaban J connectivity index is 2.48. The van der Waals surface area contributed by atoms with Crippen molar-refractivity contribution in [1.29, 1.82) is 0 Å². The summed E-state index contributed by atoms with van der Waals surface area (Å²) in [4.78, 5) is 23.0. The van der Waals surface area contributed by atoms with Gasteiger partial charge < -0.3 is 4.57 Å². The van der Waals surface area contributed by atoms with Crippen molar-refractivity contribution < 1.29 is 9.59 Å². The van der Waals surface area contributed by atoms with Crippen LogP contribution >= 0.6 is 27.5 Å². The van der Waals surface area contributed by atoms with Crippen LogP contribution in [0.1, 0.15) is 36.5 Å². The van der Waals surface area contributed by atoms with Crippen molar-refractivity contribution in [2.24, 2.45) is 0 Å². The van der Waals surface area contributed by atoms with Gasteiger partial charge in [0, 0.05) is 28.1 Å². The van der Waals surface area contributed by atoms with Crippen LogP contribution in [0.5, 0.6) is 0 Å². The number of fused-ring (bicyclic) bond motifs is 1. The van der Waals surface area contributed by atoms with Gasteiger partial charge in [-0.15, -0.1) is 0 Å². The number of Topliss-reactive ketones (excluding diaryl/α,β-unsaturated/α-hetero) is 1. The molecule has 0 aliphatic carbocycles. The number of carbonyl (C=O) groups excluding carboxylic acids is 2. The van der Waals surface area contributed by atoms with Crippen molar-refractivity contribution in [3.8, 4) is 0 Å². The lowest BCUT2D eigenvalue weighted by Crippen LogP contribution is -2.06. The third kappa shape index (κ3) is 3.13. The predicted molar refractivity (Wildman–Crippen MR) is 84.4 cm³/mol. The molecule has 0 radical (unpaired) electrons. The van der Waals surface area contributed by atoms with Crippen LogP contribution in [-0.4, -0.2) is 15.6 Å². The van der Waals surface area contributed by atoms with Crippen LogP contribution in [0.25, 0.3) is 10.9 Å². The fourth-order valence-electron chi connectivity index (χ4n) is 2.27. The fourth-order valence-corrected chi connectivity index (χ4v) is 2.74. The van der Waals surface area contributed by atoms with E-state index in [9.17, 15) is 9.59 Å². The monoisotopic (exact) mass is 355 g/mol. The zero-order valence-corrected chi connectivity index (χ0v) is 13.5. The molecule has 2 rings (SSSR count). The summed E-state index contributed by atoms with van der Waals surface area (Å²) in [5.74, 6) is -0.649. The molecule has 2 aromatic rings. The van der Waals surface area contributed by atoms with Crippen LogP contribution in [0.2, 0.25) is 0 Å². The largest absolute Gasteiger partial charge is 0.347 e. The van der Waals surface area contributed by atoms with E-state index in [1.165, 1.54) is 0 Å². The lowest BCUT2D eigenvalue weighted by atomic mass is 10.1. The molecule has 0 fully saturated rings. The van der Waals surface area contributed by atoms with Crippen molar-refractivity contribution >= 4 is 49.5 Å². The van der Waals surface area contributed by atoms with Crippen molar-refractivity contribution in [1.82, 2.24) is 4.57 Å². The number of hydrogen-bond acceptors (Lipinski definition) is 2. The standard InChI is InChI=1S/C15H15BrClNO2/c1-2-3-4-7-18-9-12(14(19)15(17)20)11-8-10(16)5-6-13(11)18/h5-6,8-9H,2-4,7H2,1H3. The number of hydrogen-bond donors (Lipinski definition) is 0. The Kier molecular flexibility index (Phi) is 5.00. The van der Waals surface area contributed by atoms with Gasteiger partial charge in [0.1, 0.15) is 0 Å². The molecule has 0 unspecified atom stereocenters. The SMILES string of the molecule is CCCCCn1cc(C(=O)C(=O)Cl)c2cc(Br)ccc21. The molecular formula is C15H15BrClNO2. The highest BCUT2D eigenvalue weighted by Crippen LogP contribution is 2.26. The maximum Gasteiger partial charge on any atom is 0.293 e. The molecule has 0 aliphatic heterocycles. The molecular weight excluding hydrogens is 342 g/mol. The molecule has 3 nitrogen and oxygen atoms in total. The number of halogens is 2. The second-order valence-corrected chi connectivity index (χ2v) is 5.97.